The van der Waals surface area contributed by atoms with Crippen molar-refractivity contribution in [1.29, 1.82) is 0 Å². The summed E-state index contributed by atoms with van der Waals surface area (Å²) in [6, 6.07) is 1.92. The van der Waals surface area contributed by atoms with Crippen LogP contribution in [0.3, 0.4) is 0 Å². The van der Waals surface area contributed by atoms with Crippen LogP contribution in [0, 0.1) is 0 Å². The predicted molar refractivity (Wildman–Crippen MR) is 60.3 cm³/mol. The number of ether oxygens (including phenoxy) is 1. The van der Waals surface area contributed by atoms with E-state index in [2.05, 4.69) is 20.8 Å². The number of nitrogens with one attached hydrogen (secondary N) is 3. The van der Waals surface area contributed by atoms with Gasteiger partial charge in [-0.2, -0.15) is 5.10 Å². The van der Waals surface area contributed by atoms with Crippen molar-refractivity contribution >= 4 is 5.91 Å². The van der Waals surface area contributed by atoms with Crippen LogP contribution in [0.4, 0.5) is 0 Å². The molecule has 1 heterocycles. The van der Waals surface area contributed by atoms with Crippen LogP contribution in [0.5, 0.6) is 0 Å². The second kappa shape index (κ2) is 6.97. The molecule has 1 atom stereocenters. The minimum Gasteiger partial charge on any atom is -0.383 e. The van der Waals surface area contributed by atoms with Crippen LogP contribution >= 0.6 is 0 Å². The zero-order chi connectivity index (χ0) is 11.8. The summed E-state index contributed by atoms with van der Waals surface area (Å²) in [6.07, 6.45) is 1.55. The average molecular weight is 226 g/mol. The Kier molecular flexibility index (Phi) is 5.52. The molecule has 0 aliphatic rings. The number of H-pyrrole nitrogens is 1. The van der Waals surface area contributed by atoms with Crippen molar-refractivity contribution in [1.82, 2.24) is 20.8 Å². The molecule has 1 rings (SSSR count). The van der Waals surface area contributed by atoms with Gasteiger partial charge in [-0.25, -0.2) is 0 Å². The van der Waals surface area contributed by atoms with Crippen LogP contribution < -0.4 is 10.6 Å². The van der Waals surface area contributed by atoms with Crippen LogP contribution in [0.1, 0.15) is 17.4 Å². The Labute approximate surface area is 94.8 Å². The van der Waals surface area contributed by atoms with Gasteiger partial charge in [-0.1, -0.05) is 0 Å². The fourth-order valence-electron chi connectivity index (χ4n) is 1.28. The van der Waals surface area contributed by atoms with E-state index in [1.165, 1.54) is 0 Å². The zero-order valence-electron chi connectivity index (χ0n) is 9.62. The number of aromatic nitrogens is 2. The SMILES string of the molecule is COCC(C)NCCNC(=O)c1ccn[nH]1. The summed E-state index contributed by atoms with van der Waals surface area (Å²) >= 11 is 0. The smallest absolute Gasteiger partial charge is 0.269 e. The average Bonchev–Trinajstić information content (AvgIpc) is 2.78. The molecule has 0 spiro atoms. The Morgan fingerprint density at radius 2 is 2.44 bits per heavy atom. The summed E-state index contributed by atoms with van der Waals surface area (Å²) in [7, 11) is 1.66. The molecule has 3 N–H and O–H groups in total. The van der Waals surface area contributed by atoms with E-state index < -0.39 is 0 Å². The Balaban J connectivity index is 2.09. The van der Waals surface area contributed by atoms with Gasteiger partial charge in [0.2, 0.25) is 0 Å². The lowest BCUT2D eigenvalue weighted by Gasteiger charge is -2.12. The topological polar surface area (TPSA) is 79.0 Å². The van der Waals surface area contributed by atoms with E-state index in [0.717, 1.165) is 0 Å². The van der Waals surface area contributed by atoms with E-state index in [-0.39, 0.29) is 11.9 Å². The second-order valence-electron chi connectivity index (χ2n) is 3.54. The van der Waals surface area contributed by atoms with Gasteiger partial charge in [0.15, 0.2) is 0 Å². The molecule has 90 valence electrons. The van der Waals surface area contributed by atoms with Gasteiger partial charge in [0.1, 0.15) is 5.69 Å². The van der Waals surface area contributed by atoms with Crippen LogP contribution in [0.15, 0.2) is 12.3 Å². The third kappa shape index (κ3) is 4.41. The lowest BCUT2D eigenvalue weighted by Crippen LogP contribution is -2.37. The molecular weight excluding hydrogens is 208 g/mol. The van der Waals surface area contributed by atoms with E-state index in [4.69, 9.17) is 4.74 Å². The molecule has 0 radical (unpaired) electrons. The first kappa shape index (κ1) is 12.7. The monoisotopic (exact) mass is 226 g/mol. The van der Waals surface area contributed by atoms with Gasteiger partial charge in [0, 0.05) is 32.4 Å². The summed E-state index contributed by atoms with van der Waals surface area (Å²) in [5.74, 6) is -0.140. The third-order valence-corrected chi connectivity index (χ3v) is 2.07. The van der Waals surface area contributed by atoms with Crippen molar-refractivity contribution in [3.05, 3.63) is 18.0 Å². The number of hydrogen-bond donors (Lipinski definition) is 3. The van der Waals surface area contributed by atoms with Crippen molar-refractivity contribution in [2.45, 2.75) is 13.0 Å². The van der Waals surface area contributed by atoms with E-state index >= 15 is 0 Å². The number of carbonyl (C=O) groups is 1. The van der Waals surface area contributed by atoms with Crippen LogP contribution in [0.25, 0.3) is 0 Å². The van der Waals surface area contributed by atoms with Crippen LogP contribution in [-0.2, 0) is 4.74 Å². The number of aromatic amines is 1. The van der Waals surface area contributed by atoms with Crippen molar-refractivity contribution in [2.75, 3.05) is 26.8 Å². The molecule has 0 fully saturated rings. The minimum absolute atomic E-state index is 0.140. The van der Waals surface area contributed by atoms with Crippen molar-refractivity contribution < 1.29 is 9.53 Å². The van der Waals surface area contributed by atoms with E-state index in [9.17, 15) is 4.79 Å². The molecular formula is C10H18N4O2. The summed E-state index contributed by atoms with van der Waals surface area (Å²) in [5, 5.41) is 12.3. The molecule has 6 heteroatoms. The van der Waals surface area contributed by atoms with Crippen LogP contribution in [-0.4, -0.2) is 49.0 Å². The maximum Gasteiger partial charge on any atom is 0.269 e. The summed E-state index contributed by atoms with van der Waals surface area (Å²) in [5.41, 5.74) is 0.477. The Morgan fingerprint density at radius 3 is 3.06 bits per heavy atom. The van der Waals surface area contributed by atoms with Gasteiger partial charge >= 0.3 is 0 Å². The third-order valence-electron chi connectivity index (χ3n) is 2.07. The molecule has 1 aromatic rings. The van der Waals surface area contributed by atoms with Crippen LogP contribution in [0.2, 0.25) is 0 Å². The molecule has 1 unspecified atom stereocenters. The maximum atomic E-state index is 11.4. The number of nitrogens with zero attached hydrogens (tertiary/aromatic N) is 1. The Hall–Kier alpha value is -1.40. The van der Waals surface area contributed by atoms with E-state index in [1.807, 2.05) is 6.92 Å². The van der Waals surface area contributed by atoms with Gasteiger partial charge in [0.05, 0.1) is 6.61 Å². The fraction of sp³-hybridized carbons (Fsp3) is 0.600. The molecule has 0 aromatic carbocycles. The predicted octanol–water partition coefficient (Wildman–Crippen LogP) is -0.236. The minimum atomic E-state index is -0.140. The fourth-order valence-corrected chi connectivity index (χ4v) is 1.28. The molecule has 0 aliphatic heterocycles. The molecule has 0 bridgehead atoms. The molecule has 0 saturated heterocycles. The van der Waals surface area contributed by atoms with Gasteiger partial charge in [-0.3, -0.25) is 9.89 Å². The second-order valence-corrected chi connectivity index (χ2v) is 3.54. The lowest BCUT2D eigenvalue weighted by atomic mass is 10.3. The number of rotatable bonds is 7. The standard InChI is InChI=1S/C10H18N4O2/c1-8(7-16-2)11-5-6-12-10(15)9-3-4-13-14-9/h3-4,8,11H,5-7H2,1-2H3,(H,12,15)(H,13,14). The number of hydrogen-bond acceptors (Lipinski definition) is 4. The highest BCUT2D eigenvalue weighted by Gasteiger charge is 2.05. The number of carbonyl (C=O) groups excluding carboxylic acids is 1. The first-order chi connectivity index (χ1) is 7.74. The largest absolute Gasteiger partial charge is 0.383 e. The van der Waals surface area contributed by atoms with E-state index in [1.54, 1.807) is 19.4 Å². The van der Waals surface area contributed by atoms with Gasteiger partial charge in [0.25, 0.3) is 5.91 Å². The lowest BCUT2D eigenvalue weighted by molar-refractivity contribution is 0.0948. The molecule has 1 amide bonds. The quantitative estimate of drug-likeness (QED) is 0.561. The summed E-state index contributed by atoms with van der Waals surface area (Å²) in [4.78, 5) is 11.4. The van der Waals surface area contributed by atoms with Gasteiger partial charge in [-0.05, 0) is 13.0 Å². The first-order valence-corrected chi connectivity index (χ1v) is 5.24. The number of amides is 1. The summed E-state index contributed by atoms with van der Waals surface area (Å²) < 4.78 is 4.98. The highest BCUT2D eigenvalue weighted by atomic mass is 16.5. The molecule has 0 saturated carbocycles. The number of methoxy groups -OCH3 is 1. The first-order valence-electron chi connectivity index (χ1n) is 5.24. The molecule has 6 nitrogen and oxygen atoms in total. The van der Waals surface area contributed by atoms with Gasteiger partial charge < -0.3 is 15.4 Å². The van der Waals surface area contributed by atoms with E-state index in [0.29, 0.717) is 25.4 Å². The van der Waals surface area contributed by atoms with Crippen molar-refractivity contribution in [2.24, 2.45) is 0 Å². The highest BCUT2D eigenvalue weighted by molar-refractivity contribution is 5.92. The van der Waals surface area contributed by atoms with Gasteiger partial charge in [-0.15, -0.1) is 0 Å². The van der Waals surface area contributed by atoms with Crippen molar-refractivity contribution in [3.8, 4) is 0 Å². The Bertz CT molecular complexity index is 300. The zero-order valence-corrected chi connectivity index (χ0v) is 9.62. The Morgan fingerprint density at radius 1 is 1.62 bits per heavy atom. The maximum absolute atomic E-state index is 11.4. The molecule has 16 heavy (non-hydrogen) atoms. The normalized spacial score (nSPS) is 12.4. The molecule has 1 aromatic heterocycles. The highest BCUT2D eigenvalue weighted by Crippen LogP contribution is 1.89. The summed E-state index contributed by atoms with van der Waals surface area (Å²) in [6.45, 7) is 3.98. The molecule has 0 aliphatic carbocycles. The van der Waals surface area contributed by atoms with Crippen molar-refractivity contribution in [3.63, 3.8) is 0 Å².